The standard InChI is InChI=1S/C25H33N3O4/c1-27(22-11-14-31-15-12-22)13-16-32-23-10-6-7-20(17-23)18-26-24(29)19-28(2)25(30)21-8-4-3-5-9-21/h3-10,17,22H,11-16,18-19H2,1-2H3,(H,26,29). The summed E-state index contributed by atoms with van der Waals surface area (Å²) in [5.74, 6) is 0.400. The fraction of sp³-hybridized carbons (Fsp3) is 0.440. The number of carbonyl (C=O) groups is 2. The third-order valence-electron chi connectivity index (χ3n) is 5.66. The summed E-state index contributed by atoms with van der Waals surface area (Å²) >= 11 is 0. The Hall–Kier alpha value is -2.90. The molecule has 1 N–H and O–H groups in total. The molecular weight excluding hydrogens is 406 g/mol. The molecule has 32 heavy (non-hydrogen) atoms. The van der Waals surface area contributed by atoms with Crippen LogP contribution in [0.2, 0.25) is 0 Å². The van der Waals surface area contributed by atoms with Crippen molar-refractivity contribution < 1.29 is 19.1 Å². The van der Waals surface area contributed by atoms with E-state index in [1.807, 2.05) is 30.3 Å². The minimum Gasteiger partial charge on any atom is -0.492 e. The van der Waals surface area contributed by atoms with Gasteiger partial charge in [-0.1, -0.05) is 30.3 Å². The van der Waals surface area contributed by atoms with Gasteiger partial charge in [0.05, 0.1) is 6.54 Å². The molecule has 1 heterocycles. The molecule has 3 rings (SSSR count). The highest BCUT2D eigenvalue weighted by molar-refractivity contribution is 5.96. The van der Waals surface area contributed by atoms with Gasteiger partial charge < -0.3 is 19.7 Å². The van der Waals surface area contributed by atoms with Crippen LogP contribution in [0.15, 0.2) is 54.6 Å². The molecule has 0 aliphatic carbocycles. The van der Waals surface area contributed by atoms with E-state index < -0.39 is 0 Å². The Balaban J connectivity index is 1.40. The molecule has 1 saturated heterocycles. The van der Waals surface area contributed by atoms with E-state index in [9.17, 15) is 9.59 Å². The molecule has 2 aromatic rings. The quantitative estimate of drug-likeness (QED) is 0.616. The maximum atomic E-state index is 12.4. The van der Waals surface area contributed by atoms with Gasteiger partial charge in [-0.2, -0.15) is 0 Å². The molecular formula is C25H33N3O4. The molecule has 172 valence electrons. The third kappa shape index (κ3) is 7.35. The van der Waals surface area contributed by atoms with E-state index in [1.54, 1.807) is 31.3 Å². The van der Waals surface area contributed by atoms with Crippen LogP contribution >= 0.6 is 0 Å². The van der Waals surface area contributed by atoms with E-state index in [2.05, 4.69) is 17.3 Å². The molecule has 0 saturated carbocycles. The first-order chi connectivity index (χ1) is 15.5. The van der Waals surface area contributed by atoms with E-state index in [-0.39, 0.29) is 18.4 Å². The van der Waals surface area contributed by atoms with Crippen molar-refractivity contribution in [2.75, 3.05) is 47.0 Å². The van der Waals surface area contributed by atoms with Crippen molar-refractivity contribution in [3.63, 3.8) is 0 Å². The van der Waals surface area contributed by atoms with Gasteiger partial charge in [-0.05, 0) is 49.7 Å². The molecule has 7 heteroatoms. The van der Waals surface area contributed by atoms with E-state index in [1.165, 1.54) is 4.90 Å². The Labute approximate surface area is 190 Å². The second-order valence-electron chi connectivity index (χ2n) is 8.12. The highest BCUT2D eigenvalue weighted by Gasteiger charge is 2.18. The SMILES string of the molecule is CN(CC(=O)NCc1cccc(OCCN(C)C2CCOCC2)c1)C(=O)c1ccccc1. The molecule has 1 aliphatic rings. The Bertz CT molecular complexity index is 869. The van der Waals surface area contributed by atoms with Crippen molar-refractivity contribution in [3.05, 3.63) is 65.7 Å². The normalized spacial score (nSPS) is 14.2. The van der Waals surface area contributed by atoms with Gasteiger partial charge in [0.25, 0.3) is 5.91 Å². The Kier molecular flexibility index (Phi) is 9.07. The van der Waals surface area contributed by atoms with Crippen molar-refractivity contribution >= 4 is 11.8 Å². The predicted octanol–water partition coefficient (Wildman–Crippen LogP) is 2.56. The number of nitrogens with one attached hydrogen (secondary N) is 1. The first kappa shape index (κ1) is 23.8. The maximum absolute atomic E-state index is 12.4. The van der Waals surface area contributed by atoms with Crippen molar-refractivity contribution in [2.24, 2.45) is 0 Å². The fourth-order valence-electron chi connectivity index (χ4n) is 3.71. The number of carbonyl (C=O) groups excluding carboxylic acids is 2. The number of rotatable bonds is 10. The largest absolute Gasteiger partial charge is 0.492 e. The predicted molar refractivity (Wildman–Crippen MR) is 124 cm³/mol. The second kappa shape index (κ2) is 12.2. The maximum Gasteiger partial charge on any atom is 0.254 e. The molecule has 0 spiro atoms. The lowest BCUT2D eigenvalue weighted by atomic mass is 10.1. The highest BCUT2D eigenvalue weighted by atomic mass is 16.5. The number of hydrogen-bond acceptors (Lipinski definition) is 5. The van der Waals surface area contributed by atoms with Crippen LogP contribution in [-0.2, 0) is 16.1 Å². The van der Waals surface area contributed by atoms with Crippen LogP contribution < -0.4 is 10.1 Å². The summed E-state index contributed by atoms with van der Waals surface area (Å²) in [7, 11) is 3.76. The Morgan fingerprint density at radius 3 is 2.56 bits per heavy atom. The third-order valence-corrected chi connectivity index (χ3v) is 5.66. The highest BCUT2D eigenvalue weighted by Crippen LogP contribution is 2.15. The van der Waals surface area contributed by atoms with Gasteiger partial charge in [0.15, 0.2) is 0 Å². The molecule has 1 aliphatic heterocycles. The summed E-state index contributed by atoms with van der Waals surface area (Å²) in [6.45, 7) is 3.51. The van der Waals surface area contributed by atoms with Crippen molar-refractivity contribution in [1.29, 1.82) is 0 Å². The topological polar surface area (TPSA) is 71.1 Å². The van der Waals surface area contributed by atoms with Gasteiger partial charge in [-0.3, -0.25) is 14.5 Å². The van der Waals surface area contributed by atoms with Crippen LogP contribution in [0.4, 0.5) is 0 Å². The second-order valence-corrected chi connectivity index (χ2v) is 8.12. The van der Waals surface area contributed by atoms with Crippen molar-refractivity contribution in [2.45, 2.75) is 25.4 Å². The van der Waals surface area contributed by atoms with Gasteiger partial charge in [0.1, 0.15) is 12.4 Å². The van der Waals surface area contributed by atoms with Gasteiger partial charge in [-0.25, -0.2) is 0 Å². The average Bonchev–Trinajstić information content (AvgIpc) is 2.83. The summed E-state index contributed by atoms with van der Waals surface area (Å²) < 4.78 is 11.3. The van der Waals surface area contributed by atoms with E-state index >= 15 is 0 Å². The zero-order chi connectivity index (χ0) is 22.8. The Morgan fingerprint density at radius 1 is 1.06 bits per heavy atom. The number of amides is 2. The van der Waals surface area contributed by atoms with Crippen LogP contribution in [0.1, 0.15) is 28.8 Å². The summed E-state index contributed by atoms with van der Waals surface area (Å²) in [6.07, 6.45) is 2.13. The number of ether oxygens (including phenoxy) is 2. The van der Waals surface area contributed by atoms with Gasteiger partial charge >= 0.3 is 0 Å². The molecule has 1 fully saturated rings. The first-order valence-electron chi connectivity index (χ1n) is 11.1. The van der Waals surface area contributed by atoms with Gasteiger partial charge in [0, 0.05) is 45.0 Å². The van der Waals surface area contributed by atoms with Crippen LogP contribution in [0.3, 0.4) is 0 Å². The van der Waals surface area contributed by atoms with E-state index in [0.29, 0.717) is 24.8 Å². The van der Waals surface area contributed by atoms with E-state index in [4.69, 9.17) is 9.47 Å². The van der Waals surface area contributed by atoms with E-state index in [0.717, 1.165) is 43.9 Å². The summed E-state index contributed by atoms with van der Waals surface area (Å²) in [5.41, 5.74) is 1.51. The minimum absolute atomic E-state index is 0.00244. The number of hydrogen-bond donors (Lipinski definition) is 1. The number of nitrogens with zero attached hydrogens (tertiary/aromatic N) is 2. The molecule has 0 radical (unpaired) electrons. The fourth-order valence-corrected chi connectivity index (χ4v) is 3.71. The average molecular weight is 440 g/mol. The Morgan fingerprint density at radius 2 is 1.81 bits per heavy atom. The van der Waals surface area contributed by atoms with Crippen LogP contribution in [0.5, 0.6) is 5.75 Å². The number of likely N-dealkylation sites (N-methyl/N-ethyl adjacent to an activating group) is 2. The number of benzene rings is 2. The lowest BCUT2D eigenvalue weighted by molar-refractivity contribution is -0.121. The lowest BCUT2D eigenvalue weighted by Crippen LogP contribution is -2.38. The minimum atomic E-state index is -0.207. The van der Waals surface area contributed by atoms with Gasteiger partial charge in [-0.15, -0.1) is 0 Å². The summed E-state index contributed by atoms with van der Waals surface area (Å²) in [4.78, 5) is 28.4. The molecule has 7 nitrogen and oxygen atoms in total. The summed E-state index contributed by atoms with van der Waals surface area (Å²) in [6, 6.07) is 17.2. The smallest absolute Gasteiger partial charge is 0.254 e. The zero-order valence-corrected chi connectivity index (χ0v) is 19.0. The van der Waals surface area contributed by atoms with Crippen LogP contribution in [0.25, 0.3) is 0 Å². The van der Waals surface area contributed by atoms with Crippen molar-refractivity contribution in [1.82, 2.24) is 15.1 Å². The molecule has 2 aromatic carbocycles. The van der Waals surface area contributed by atoms with Crippen LogP contribution in [-0.4, -0.2) is 74.7 Å². The molecule has 2 amide bonds. The van der Waals surface area contributed by atoms with Gasteiger partial charge in [0.2, 0.25) is 5.91 Å². The zero-order valence-electron chi connectivity index (χ0n) is 19.0. The molecule has 0 aromatic heterocycles. The van der Waals surface area contributed by atoms with Crippen molar-refractivity contribution in [3.8, 4) is 5.75 Å². The monoisotopic (exact) mass is 439 g/mol. The summed E-state index contributed by atoms with van der Waals surface area (Å²) in [5, 5.41) is 2.87. The van der Waals surface area contributed by atoms with Crippen LogP contribution in [0, 0.1) is 0 Å². The molecule has 0 bridgehead atoms. The molecule has 0 unspecified atom stereocenters. The first-order valence-corrected chi connectivity index (χ1v) is 11.1. The lowest BCUT2D eigenvalue weighted by Gasteiger charge is -2.31. The molecule has 0 atom stereocenters.